The fourth-order valence-electron chi connectivity index (χ4n) is 1.74. The molecule has 0 spiro atoms. The van der Waals surface area contributed by atoms with Gasteiger partial charge in [0.2, 0.25) is 0 Å². The standard InChI is InChI=1S/C15H23NO/c1-5-13(4)17-15-9-7-14(8-10-15)11-12(3)16-6-2/h5,7-10,12-13,16H,1,6,11H2,2-4H3. The average molecular weight is 233 g/mol. The molecule has 0 aliphatic carbocycles. The number of rotatable bonds is 7. The summed E-state index contributed by atoms with van der Waals surface area (Å²) < 4.78 is 5.64. The van der Waals surface area contributed by atoms with Gasteiger partial charge in [0.05, 0.1) is 0 Å². The van der Waals surface area contributed by atoms with E-state index in [9.17, 15) is 0 Å². The SMILES string of the molecule is C=CC(C)Oc1ccc(CC(C)NCC)cc1. The predicted molar refractivity (Wildman–Crippen MR) is 73.6 cm³/mol. The highest BCUT2D eigenvalue weighted by atomic mass is 16.5. The van der Waals surface area contributed by atoms with Crippen LogP contribution in [0.4, 0.5) is 0 Å². The maximum absolute atomic E-state index is 5.64. The number of hydrogen-bond donors (Lipinski definition) is 1. The van der Waals surface area contributed by atoms with Crippen LogP contribution in [0.1, 0.15) is 26.3 Å². The number of ether oxygens (including phenoxy) is 1. The summed E-state index contributed by atoms with van der Waals surface area (Å²) in [5, 5.41) is 3.41. The normalized spacial score (nSPS) is 14.1. The van der Waals surface area contributed by atoms with Crippen molar-refractivity contribution in [3.8, 4) is 5.75 Å². The molecule has 0 aliphatic heterocycles. The molecule has 94 valence electrons. The maximum Gasteiger partial charge on any atom is 0.120 e. The molecule has 2 heteroatoms. The predicted octanol–water partition coefficient (Wildman–Crippen LogP) is 3.18. The summed E-state index contributed by atoms with van der Waals surface area (Å²) in [6.45, 7) is 11.0. The molecule has 0 radical (unpaired) electrons. The molecule has 1 rings (SSSR count). The topological polar surface area (TPSA) is 21.3 Å². The Hall–Kier alpha value is -1.28. The molecule has 0 aromatic heterocycles. The summed E-state index contributed by atoms with van der Waals surface area (Å²) in [5.41, 5.74) is 1.33. The smallest absolute Gasteiger partial charge is 0.120 e. The van der Waals surface area contributed by atoms with Gasteiger partial charge in [-0.2, -0.15) is 0 Å². The van der Waals surface area contributed by atoms with Crippen LogP contribution in [-0.4, -0.2) is 18.7 Å². The molecule has 1 N–H and O–H groups in total. The van der Waals surface area contributed by atoms with Gasteiger partial charge in [0, 0.05) is 6.04 Å². The van der Waals surface area contributed by atoms with Gasteiger partial charge >= 0.3 is 0 Å². The van der Waals surface area contributed by atoms with Crippen LogP contribution < -0.4 is 10.1 Å². The molecule has 0 saturated carbocycles. The second kappa shape index (κ2) is 7.13. The lowest BCUT2D eigenvalue weighted by molar-refractivity contribution is 0.270. The summed E-state index contributed by atoms with van der Waals surface area (Å²) in [4.78, 5) is 0. The molecule has 2 atom stereocenters. The van der Waals surface area contributed by atoms with E-state index in [1.54, 1.807) is 6.08 Å². The lowest BCUT2D eigenvalue weighted by atomic mass is 10.1. The van der Waals surface area contributed by atoms with Gasteiger partial charge in [0.15, 0.2) is 0 Å². The van der Waals surface area contributed by atoms with Gasteiger partial charge in [-0.3, -0.25) is 0 Å². The van der Waals surface area contributed by atoms with Crippen molar-refractivity contribution in [1.82, 2.24) is 5.32 Å². The van der Waals surface area contributed by atoms with Gasteiger partial charge in [-0.1, -0.05) is 31.7 Å². The summed E-state index contributed by atoms with van der Waals surface area (Å²) in [6.07, 6.45) is 2.90. The van der Waals surface area contributed by atoms with Crippen LogP contribution in [0.15, 0.2) is 36.9 Å². The number of benzene rings is 1. The molecule has 2 unspecified atom stereocenters. The molecular weight excluding hydrogens is 210 g/mol. The van der Waals surface area contributed by atoms with Gasteiger partial charge in [0.25, 0.3) is 0 Å². The van der Waals surface area contributed by atoms with Crippen molar-refractivity contribution in [3.05, 3.63) is 42.5 Å². The second-order valence-corrected chi connectivity index (χ2v) is 4.37. The van der Waals surface area contributed by atoms with Crippen molar-refractivity contribution in [3.63, 3.8) is 0 Å². The quantitative estimate of drug-likeness (QED) is 0.730. The lowest BCUT2D eigenvalue weighted by Gasteiger charge is -2.13. The zero-order chi connectivity index (χ0) is 12.7. The van der Waals surface area contributed by atoms with Crippen molar-refractivity contribution in [2.75, 3.05) is 6.54 Å². The van der Waals surface area contributed by atoms with Crippen LogP contribution in [-0.2, 0) is 6.42 Å². The Morgan fingerprint density at radius 3 is 2.47 bits per heavy atom. The monoisotopic (exact) mass is 233 g/mol. The molecule has 0 saturated heterocycles. The summed E-state index contributed by atoms with van der Waals surface area (Å²) in [7, 11) is 0. The molecular formula is C15H23NO. The van der Waals surface area contributed by atoms with E-state index < -0.39 is 0 Å². The average Bonchev–Trinajstić information content (AvgIpc) is 2.32. The van der Waals surface area contributed by atoms with Crippen molar-refractivity contribution in [2.45, 2.75) is 39.3 Å². The van der Waals surface area contributed by atoms with Crippen molar-refractivity contribution in [1.29, 1.82) is 0 Å². The van der Waals surface area contributed by atoms with E-state index >= 15 is 0 Å². The summed E-state index contributed by atoms with van der Waals surface area (Å²) in [5.74, 6) is 0.900. The Morgan fingerprint density at radius 2 is 1.94 bits per heavy atom. The van der Waals surface area contributed by atoms with Gasteiger partial charge in [-0.25, -0.2) is 0 Å². The van der Waals surface area contributed by atoms with Gasteiger partial charge in [-0.15, -0.1) is 0 Å². The largest absolute Gasteiger partial charge is 0.487 e. The first-order valence-corrected chi connectivity index (χ1v) is 6.27. The molecule has 0 bridgehead atoms. The van der Waals surface area contributed by atoms with Crippen molar-refractivity contribution < 1.29 is 4.74 Å². The van der Waals surface area contributed by atoms with E-state index in [0.29, 0.717) is 6.04 Å². The van der Waals surface area contributed by atoms with Crippen molar-refractivity contribution >= 4 is 0 Å². The highest BCUT2D eigenvalue weighted by Gasteiger charge is 2.03. The molecule has 0 fully saturated rings. The van der Waals surface area contributed by atoms with Gasteiger partial charge in [-0.05, 0) is 44.5 Å². The molecule has 17 heavy (non-hydrogen) atoms. The highest BCUT2D eigenvalue weighted by molar-refractivity contribution is 5.28. The van der Waals surface area contributed by atoms with Gasteiger partial charge < -0.3 is 10.1 Å². The first kappa shape index (κ1) is 13.8. The number of likely N-dealkylation sites (N-methyl/N-ethyl adjacent to an activating group) is 1. The van der Waals surface area contributed by atoms with Crippen LogP contribution in [0.2, 0.25) is 0 Å². The molecule has 1 aromatic rings. The van der Waals surface area contributed by atoms with Crippen molar-refractivity contribution in [2.24, 2.45) is 0 Å². The van der Waals surface area contributed by atoms with E-state index in [2.05, 4.69) is 37.9 Å². The summed E-state index contributed by atoms with van der Waals surface area (Å²) in [6, 6.07) is 8.80. The third-order valence-electron chi connectivity index (χ3n) is 2.67. The highest BCUT2D eigenvalue weighted by Crippen LogP contribution is 2.15. The molecule has 0 heterocycles. The zero-order valence-corrected chi connectivity index (χ0v) is 11.1. The van der Waals surface area contributed by atoms with E-state index in [0.717, 1.165) is 18.7 Å². The molecule has 2 nitrogen and oxygen atoms in total. The minimum Gasteiger partial charge on any atom is -0.487 e. The second-order valence-electron chi connectivity index (χ2n) is 4.37. The fourth-order valence-corrected chi connectivity index (χ4v) is 1.74. The number of hydrogen-bond acceptors (Lipinski definition) is 2. The van der Waals surface area contributed by atoms with E-state index in [1.807, 2.05) is 19.1 Å². The van der Waals surface area contributed by atoms with E-state index in [4.69, 9.17) is 4.74 Å². The Labute approximate surface area is 105 Å². The third kappa shape index (κ3) is 5.05. The Bertz CT molecular complexity index is 331. The summed E-state index contributed by atoms with van der Waals surface area (Å²) >= 11 is 0. The Kier molecular flexibility index (Phi) is 5.78. The lowest BCUT2D eigenvalue weighted by Crippen LogP contribution is -2.27. The van der Waals surface area contributed by atoms with E-state index in [1.165, 1.54) is 5.56 Å². The zero-order valence-electron chi connectivity index (χ0n) is 11.1. The number of nitrogens with one attached hydrogen (secondary N) is 1. The first-order valence-electron chi connectivity index (χ1n) is 6.27. The minimum absolute atomic E-state index is 0.0570. The van der Waals surface area contributed by atoms with Crippen LogP contribution in [0, 0.1) is 0 Å². The van der Waals surface area contributed by atoms with E-state index in [-0.39, 0.29) is 6.10 Å². The molecule has 0 amide bonds. The Morgan fingerprint density at radius 1 is 1.29 bits per heavy atom. The van der Waals surface area contributed by atoms with Crippen LogP contribution in [0.3, 0.4) is 0 Å². The third-order valence-corrected chi connectivity index (χ3v) is 2.67. The molecule has 1 aromatic carbocycles. The van der Waals surface area contributed by atoms with Crippen LogP contribution >= 0.6 is 0 Å². The van der Waals surface area contributed by atoms with Gasteiger partial charge in [0.1, 0.15) is 11.9 Å². The Balaban J connectivity index is 2.52. The minimum atomic E-state index is 0.0570. The fraction of sp³-hybridized carbons (Fsp3) is 0.467. The first-order chi connectivity index (χ1) is 8.15. The molecule has 0 aliphatic rings. The van der Waals surface area contributed by atoms with Crippen LogP contribution in [0.25, 0.3) is 0 Å². The van der Waals surface area contributed by atoms with Crippen LogP contribution in [0.5, 0.6) is 5.75 Å². The maximum atomic E-state index is 5.64.